The van der Waals surface area contributed by atoms with Gasteiger partial charge in [0.1, 0.15) is 0 Å². The zero-order valence-electron chi connectivity index (χ0n) is 10.8. The van der Waals surface area contributed by atoms with Gasteiger partial charge in [0.05, 0.1) is 6.61 Å². The van der Waals surface area contributed by atoms with Gasteiger partial charge in [-0.2, -0.15) is 0 Å². The van der Waals surface area contributed by atoms with Crippen LogP contribution in [0.15, 0.2) is 0 Å². The fourth-order valence-electron chi connectivity index (χ4n) is 1.50. The van der Waals surface area contributed by atoms with Gasteiger partial charge in [-0.05, 0) is 46.3 Å². The first-order valence-electron chi connectivity index (χ1n) is 6.20. The number of rotatable bonds is 9. The molecule has 3 nitrogen and oxygen atoms in total. The highest BCUT2D eigenvalue weighted by atomic mass is 16.3. The summed E-state index contributed by atoms with van der Waals surface area (Å²) in [6.07, 6.45) is 3.33. The van der Waals surface area contributed by atoms with Crippen LogP contribution in [0, 0.1) is 0 Å². The summed E-state index contributed by atoms with van der Waals surface area (Å²) in [4.78, 5) is 2.36. The number of nitrogens with zero attached hydrogens (tertiary/aromatic N) is 1. The van der Waals surface area contributed by atoms with Crippen LogP contribution in [0.25, 0.3) is 0 Å². The third-order valence-corrected chi connectivity index (χ3v) is 3.08. The Hall–Kier alpha value is -0.120. The van der Waals surface area contributed by atoms with E-state index in [0.29, 0.717) is 6.04 Å². The maximum atomic E-state index is 9.18. The van der Waals surface area contributed by atoms with Crippen molar-refractivity contribution < 1.29 is 5.11 Å². The van der Waals surface area contributed by atoms with Gasteiger partial charge in [0.25, 0.3) is 0 Å². The van der Waals surface area contributed by atoms with Gasteiger partial charge in [0.2, 0.25) is 0 Å². The predicted octanol–water partition coefficient (Wildman–Crippen LogP) is 1.47. The molecule has 2 unspecified atom stereocenters. The summed E-state index contributed by atoms with van der Waals surface area (Å²) in [5, 5.41) is 12.5. The molecule has 0 aromatic carbocycles. The molecule has 2 atom stereocenters. The number of aliphatic hydroxyl groups is 1. The fraction of sp³-hybridized carbons (Fsp3) is 1.00. The van der Waals surface area contributed by atoms with Crippen LogP contribution in [0.2, 0.25) is 0 Å². The molecule has 15 heavy (non-hydrogen) atoms. The maximum absolute atomic E-state index is 9.18. The van der Waals surface area contributed by atoms with Gasteiger partial charge in [-0.15, -0.1) is 0 Å². The summed E-state index contributed by atoms with van der Waals surface area (Å²) in [6, 6.07) is 0.895. The third-order valence-electron chi connectivity index (χ3n) is 3.08. The Morgan fingerprint density at radius 2 is 2.00 bits per heavy atom. The lowest BCUT2D eigenvalue weighted by molar-refractivity contribution is 0.198. The Balaban J connectivity index is 3.69. The van der Waals surface area contributed by atoms with Crippen LogP contribution in [0.3, 0.4) is 0 Å². The molecule has 3 heteroatoms. The highest BCUT2D eigenvalue weighted by Gasteiger charge is 2.10. The third kappa shape index (κ3) is 6.88. The van der Waals surface area contributed by atoms with Crippen molar-refractivity contribution in [3.8, 4) is 0 Å². The summed E-state index contributed by atoms with van der Waals surface area (Å²) in [5.41, 5.74) is 0. The minimum Gasteiger partial charge on any atom is -0.395 e. The molecule has 2 N–H and O–H groups in total. The monoisotopic (exact) mass is 216 g/mol. The van der Waals surface area contributed by atoms with Crippen LogP contribution >= 0.6 is 0 Å². The Morgan fingerprint density at radius 3 is 2.47 bits per heavy atom. The van der Waals surface area contributed by atoms with E-state index in [2.05, 4.69) is 38.0 Å². The summed E-state index contributed by atoms with van der Waals surface area (Å²) in [5.74, 6) is 0. The highest BCUT2D eigenvalue weighted by Crippen LogP contribution is 2.02. The van der Waals surface area contributed by atoms with Crippen molar-refractivity contribution in [2.24, 2.45) is 0 Å². The topological polar surface area (TPSA) is 35.5 Å². The van der Waals surface area contributed by atoms with Gasteiger partial charge in [-0.3, -0.25) is 0 Å². The quantitative estimate of drug-likeness (QED) is 0.612. The van der Waals surface area contributed by atoms with E-state index < -0.39 is 0 Å². The van der Waals surface area contributed by atoms with Crippen molar-refractivity contribution in [1.82, 2.24) is 10.2 Å². The highest BCUT2D eigenvalue weighted by molar-refractivity contribution is 4.69. The van der Waals surface area contributed by atoms with Gasteiger partial charge in [-0.25, -0.2) is 0 Å². The average molecular weight is 216 g/mol. The van der Waals surface area contributed by atoms with E-state index in [1.165, 1.54) is 6.42 Å². The largest absolute Gasteiger partial charge is 0.395 e. The zero-order chi connectivity index (χ0) is 11.7. The van der Waals surface area contributed by atoms with E-state index in [4.69, 9.17) is 0 Å². The van der Waals surface area contributed by atoms with Crippen molar-refractivity contribution >= 4 is 0 Å². The molecule has 0 rings (SSSR count). The van der Waals surface area contributed by atoms with Crippen molar-refractivity contribution in [3.05, 3.63) is 0 Å². The maximum Gasteiger partial charge on any atom is 0.0585 e. The van der Waals surface area contributed by atoms with Crippen molar-refractivity contribution in [1.29, 1.82) is 0 Å². The number of nitrogens with one attached hydrogen (secondary N) is 1. The second-order valence-corrected chi connectivity index (χ2v) is 4.36. The van der Waals surface area contributed by atoms with Crippen LogP contribution < -0.4 is 5.32 Å². The minimum absolute atomic E-state index is 0.244. The van der Waals surface area contributed by atoms with E-state index in [0.717, 1.165) is 25.9 Å². The van der Waals surface area contributed by atoms with E-state index in [1.807, 2.05) is 0 Å². The first-order chi connectivity index (χ1) is 7.15. The fourth-order valence-corrected chi connectivity index (χ4v) is 1.50. The summed E-state index contributed by atoms with van der Waals surface area (Å²) < 4.78 is 0. The first-order valence-corrected chi connectivity index (χ1v) is 6.20. The number of aliphatic hydroxyl groups excluding tert-OH is 1. The first kappa shape index (κ1) is 14.9. The molecular weight excluding hydrogens is 188 g/mol. The van der Waals surface area contributed by atoms with Crippen LogP contribution in [0.4, 0.5) is 0 Å². The smallest absolute Gasteiger partial charge is 0.0585 e. The SMILES string of the molecule is CCCNC(CO)CCN(C)C(C)CC. The normalized spacial score (nSPS) is 15.6. The Bertz CT molecular complexity index is 142. The Labute approximate surface area is 94.9 Å². The van der Waals surface area contributed by atoms with Gasteiger partial charge >= 0.3 is 0 Å². The molecule has 0 heterocycles. The van der Waals surface area contributed by atoms with Crippen LogP contribution in [-0.2, 0) is 0 Å². The molecule has 0 aliphatic heterocycles. The minimum atomic E-state index is 0.244. The molecule has 0 amide bonds. The summed E-state index contributed by atoms with van der Waals surface area (Å²) in [6.45, 7) is 8.89. The van der Waals surface area contributed by atoms with Gasteiger partial charge < -0.3 is 15.3 Å². The Kier molecular flexibility index (Phi) is 9.06. The molecule has 0 saturated heterocycles. The van der Waals surface area contributed by atoms with Crippen LogP contribution in [0.5, 0.6) is 0 Å². The molecule has 0 fully saturated rings. The molecule has 0 bridgehead atoms. The molecule has 0 aliphatic rings. The molecule has 0 aliphatic carbocycles. The van der Waals surface area contributed by atoms with E-state index in [1.54, 1.807) is 0 Å². The molecule has 0 saturated carbocycles. The summed E-state index contributed by atoms with van der Waals surface area (Å²) >= 11 is 0. The average Bonchev–Trinajstić information content (AvgIpc) is 2.27. The molecule has 0 radical (unpaired) electrons. The van der Waals surface area contributed by atoms with Gasteiger partial charge in [0.15, 0.2) is 0 Å². The molecule has 0 aromatic heterocycles. The molecule has 0 aromatic rings. The van der Waals surface area contributed by atoms with Crippen molar-refractivity contribution in [2.75, 3.05) is 26.7 Å². The molecular formula is C12H28N2O. The number of hydrogen-bond donors (Lipinski definition) is 2. The second kappa shape index (κ2) is 9.13. The number of hydrogen-bond acceptors (Lipinski definition) is 3. The van der Waals surface area contributed by atoms with E-state index in [9.17, 15) is 5.11 Å². The van der Waals surface area contributed by atoms with Crippen LogP contribution in [-0.4, -0.2) is 48.8 Å². The van der Waals surface area contributed by atoms with E-state index >= 15 is 0 Å². The Morgan fingerprint density at radius 1 is 1.33 bits per heavy atom. The van der Waals surface area contributed by atoms with Crippen LogP contribution in [0.1, 0.15) is 40.0 Å². The zero-order valence-corrected chi connectivity index (χ0v) is 10.8. The predicted molar refractivity (Wildman–Crippen MR) is 66.2 cm³/mol. The molecule has 92 valence electrons. The van der Waals surface area contributed by atoms with Gasteiger partial charge in [0, 0.05) is 12.1 Å². The lowest BCUT2D eigenvalue weighted by atomic mass is 10.1. The lowest BCUT2D eigenvalue weighted by Gasteiger charge is -2.25. The van der Waals surface area contributed by atoms with Crippen molar-refractivity contribution in [3.63, 3.8) is 0 Å². The van der Waals surface area contributed by atoms with Crippen molar-refractivity contribution in [2.45, 2.75) is 52.1 Å². The standard InChI is InChI=1S/C12H28N2O/c1-5-8-13-12(10-15)7-9-14(4)11(3)6-2/h11-13,15H,5-10H2,1-4H3. The van der Waals surface area contributed by atoms with E-state index in [-0.39, 0.29) is 12.6 Å². The second-order valence-electron chi connectivity index (χ2n) is 4.36. The van der Waals surface area contributed by atoms with Gasteiger partial charge in [-0.1, -0.05) is 13.8 Å². The lowest BCUT2D eigenvalue weighted by Crippen LogP contribution is -2.38. The molecule has 0 spiro atoms. The summed E-state index contributed by atoms with van der Waals surface area (Å²) in [7, 11) is 2.16.